The lowest BCUT2D eigenvalue weighted by Gasteiger charge is -2.25. The first-order valence-corrected chi connectivity index (χ1v) is 9.04. The van der Waals surface area contributed by atoms with E-state index in [9.17, 15) is 9.13 Å². The third-order valence-corrected chi connectivity index (χ3v) is 6.85. The minimum absolute atomic E-state index is 0.529. The largest absolute Gasteiger partial charge is 0.475 e. The number of phosphoric ester groups is 1. The highest BCUT2D eigenvalue weighted by molar-refractivity contribution is 7.55. The van der Waals surface area contributed by atoms with Crippen molar-refractivity contribution >= 4 is 26.8 Å². The maximum absolute atomic E-state index is 12.5. The van der Waals surface area contributed by atoms with E-state index in [0.29, 0.717) is 4.88 Å². The van der Waals surface area contributed by atoms with Gasteiger partial charge in [-0.1, -0.05) is 6.07 Å². The Kier molecular flexibility index (Phi) is 6.36. The van der Waals surface area contributed by atoms with E-state index in [1.807, 2.05) is 0 Å². The van der Waals surface area contributed by atoms with Crippen molar-refractivity contribution in [1.29, 1.82) is 0 Å². The molecule has 0 bridgehead atoms. The van der Waals surface area contributed by atoms with Gasteiger partial charge in [0.2, 0.25) is 5.85 Å². The number of rotatable bonds is 8. The molecule has 0 aromatic carbocycles. The van der Waals surface area contributed by atoms with Crippen LogP contribution in [0.2, 0.25) is 0 Å². The zero-order chi connectivity index (χ0) is 14.5. The molecule has 0 spiro atoms. The first kappa shape index (κ1) is 17.0. The molecule has 1 unspecified atom stereocenters. The predicted octanol–water partition coefficient (Wildman–Crippen LogP) is 3.65. The molecule has 0 N–H and O–H groups in total. The van der Waals surface area contributed by atoms with Gasteiger partial charge >= 0.3 is 15.4 Å². The van der Waals surface area contributed by atoms with Gasteiger partial charge in [0, 0.05) is 33.3 Å². The molecule has 10 heteroatoms. The Morgan fingerprint density at radius 2 is 1.63 bits per heavy atom. The van der Waals surface area contributed by atoms with Gasteiger partial charge in [0.05, 0.1) is 0 Å². The Balaban J connectivity index is 3.15. The van der Waals surface area contributed by atoms with Gasteiger partial charge in [-0.15, -0.1) is 11.3 Å². The molecular weight excluding hydrogens is 314 g/mol. The lowest BCUT2D eigenvalue weighted by molar-refractivity contribution is 0.118. The lowest BCUT2D eigenvalue weighted by atomic mass is 10.5. The second-order valence-corrected chi connectivity index (χ2v) is 8.28. The molecule has 1 aromatic heterocycles. The Labute approximate surface area is 115 Å². The van der Waals surface area contributed by atoms with Gasteiger partial charge in [-0.05, 0) is 11.4 Å². The summed E-state index contributed by atoms with van der Waals surface area (Å²) >= 11 is 1.26. The van der Waals surface area contributed by atoms with E-state index in [2.05, 4.69) is 9.05 Å². The molecule has 0 aliphatic rings. The molecule has 0 radical (unpaired) electrons. The molecule has 0 saturated carbocycles. The van der Waals surface area contributed by atoms with Crippen molar-refractivity contribution in [3.05, 3.63) is 22.4 Å². The maximum Gasteiger partial charge on any atom is 0.475 e. The van der Waals surface area contributed by atoms with E-state index in [0.717, 1.165) is 0 Å². The fourth-order valence-electron chi connectivity index (χ4n) is 1.25. The molecule has 0 fully saturated rings. The summed E-state index contributed by atoms with van der Waals surface area (Å²) in [6, 6.07) is 3.40. The van der Waals surface area contributed by atoms with Gasteiger partial charge in [-0.25, -0.2) is 4.57 Å². The van der Waals surface area contributed by atoms with E-state index in [-0.39, 0.29) is 0 Å². The monoisotopic (exact) mass is 330 g/mol. The third kappa shape index (κ3) is 3.97. The molecular formula is C9H16O7P2S. The van der Waals surface area contributed by atoms with Crippen LogP contribution in [0.25, 0.3) is 0 Å². The van der Waals surface area contributed by atoms with Gasteiger partial charge < -0.3 is 9.05 Å². The number of hydrogen-bond donors (Lipinski definition) is 0. The molecule has 0 saturated heterocycles. The van der Waals surface area contributed by atoms with Crippen LogP contribution < -0.4 is 0 Å². The summed E-state index contributed by atoms with van der Waals surface area (Å²) in [5.41, 5.74) is 0. The van der Waals surface area contributed by atoms with Crippen molar-refractivity contribution < 1.29 is 31.7 Å². The SMILES string of the molecule is COP(=O)(OC)OC(c1cccs1)P(=O)(OC)OC. The second kappa shape index (κ2) is 7.11. The second-order valence-electron chi connectivity index (χ2n) is 3.19. The predicted molar refractivity (Wildman–Crippen MR) is 71.4 cm³/mol. The molecule has 1 heterocycles. The molecule has 1 atom stereocenters. The zero-order valence-corrected chi connectivity index (χ0v) is 13.6. The van der Waals surface area contributed by atoms with Crippen LogP contribution in [-0.2, 0) is 31.7 Å². The van der Waals surface area contributed by atoms with E-state index < -0.39 is 21.3 Å². The lowest BCUT2D eigenvalue weighted by Crippen LogP contribution is -2.07. The summed E-state index contributed by atoms with van der Waals surface area (Å²) in [6.45, 7) is 0. The highest BCUT2D eigenvalue weighted by atomic mass is 32.1. The first-order chi connectivity index (χ1) is 8.94. The van der Waals surface area contributed by atoms with Gasteiger partial charge in [0.25, 0.3) is 0 Å². The van der Waals surface area contributed by atoms with Gasteiger partial charge in [-0.2, -0.15) is 0 Å². The zero-order valence-electron chi connectivity index (χ0n) is 11.0. The molecule has 0 amide bonds. The van der Waals surface area contributed by atoms with Crippen LogP contribution in [0.3, 0.4) is 0 Å². The van der Waals surface area contributed by atoms with Crippen LogP contribution >= 0.6 is 26.8 Å². The molecule has 0 aliphatic carbocycles. The van der Waals surface area contributed by atoms with Gasteiger partial charge in [0.1, 0.15) is 0 Å². The van der Waals surface area contributed by atoms with Gasteiger partial charge in [-0.3, -0.25) is 18.1 Å². The van der Waals surface area contributed by atoms with Crippen LogP contribution in [0.15, 0.2) is 17.5 Å². The summed E-state index contributed by atoms with van der Waals surface area (Å²) in [4.78, 5) is 0.529. The molecule has 19 heavy (non-hydrogen) atoms. The minimum atomic E-state index is -3.83. The van der Waals surface area contributed by atoms with Crippen molar-refractivity contribution in [1.82, 2.24) is 0 Å². The first-order valence-electron chi connectivity index (χ1n) is 5.09. The van der Waals surface area contributed by atoms with E-state index in [1.165, 1.54) is 39.8 Å². The average molecular weight is 330 g/mol. The highest BCUT2D eigenvalue weighted by Crippen LogP contribution is 2.67. The summed E-state index contributed by atoms with van der Waals surface area (Å²) < 4.78 is 48.9. The maximum atomic E-state index is 12.5. The van der Waals surface area contributed by atoms with Crippen molar-refractivity contribution in [3.8, 4) is 0 Å². The van der Waals surface area contributed by atoms with Crippen molar-refractivity contribution in [3.63, 3.8) is 0 Å². The summed E-state index contributed by atoms with van der Waals surface area (Å²) in [6.07, 6.45) is 0. The fraction of sp³-hybridized carbons (Fsp3) is 0.556. The fourth-order valence-corrected chi connectivity index (χ4v) is 4.94. The Morgan fingerprint density at radius 3 is 2.00 bits per heavy atom. The smallest absolute Gasteiger partial charge is 0.310 e. The minimum Gasteiger partial charge on any atom is -0.310 e. The Hall–Kier alpha value is -0.0400. The van der Waals surface area contributed by atoms with Crippen LogP contribution in [0, 0.1) is 0 Å². The van der Waals surface area contributed by atoms with Crippen molar-refractivity contribution in [2.24, 2.45) is 0 Å². The molecule has 7 nitrogen and oxygen atoms in total. The third-order valence-electron chi connectivity index (χ3n) is 2.26. The standard InChI is InChI=1S/C9H16O7P2S/c1-12-17(10,13-2)9(8-6-5-7-19-8)16-18(11,14-3)15-4/h5-7,9H,1-4H3. The number of thiophene rings is 1. The molecule has 0 aliphatic heterocycles. The average Bonchev–Trinajstić information content (AvgIpc) is 2.97. The van der Waals surface area contributed by atoms with Crippen molar-refractivity contribution in [2.75, 3.05) is 28.4 Å². The molecule has 110 valence electrons. The van der Waals surface area contributed by atoms with Crippen LogP contribution in [-0.4, -0.2) is 28.4 Å². The Bertz CT molecular complexity index is 459. The molecule has 1 rings (SSSR count). The van der Waals surface area contributed by atoms with Crippen LogP contribution in [0.5, 0.6) is 0 Å². The van der Waals surface area contributed by atoms with Crippen LogP contribution in [0.4, 0.5) is 0 Å². The quantitative estimate of drug-likeness (QED) is 0.673. The van der Waals surface area contributed by atoms with E-state index in [4.69, 9.17) is 13.6 Å². The number of hydrogen-bond acceptors (Lipinski definition) is 8. The van der Waals surface area contributed by atoms with E-state index >= 15 is 0 Å². The number of phosphoric acid groups is 1. The van der Waals surface area contributed by atoms with Crippen LogP contribution in [0.1, 0.15) is 10.7 Å². The van der Waals surface area contributed by atoms with Crippen molar-refractivity contribution in [2.45, 2.75) is 5.85 Å². The van der Waals surface area contributed by atoms with E-state index in [1.54, 1.807) is 17.5 Å². The normalized spacial score (nSPS) is 14.5. The summed E-state index contributed by atoms with van der Waals surface area (Å²) in [7, 11) is -2.70. The topological polar surface area (TPSA) is 80.3 Å². The highest BCUT2D eigenvalue weighted by Gasteiger charge is 2.43. The summed E-state index contributed by atoms with van der Waals surface area (Å²) in [5.74, 6) is -1.19. The van der Waals surface area contributed by atoms with Gasteiger partial charge in [0.15, 0.2) is 0 Å². The summed E-state index contributed by atoms with van der Waals surface area (Å²) in [5, 5.41) is 1.76. The molecule has 1 aromatic rings. The Morgan fingerprint density at radius 1 is 1.05 bits per heavy atom.